The summed E-state index contributed by atoms with van der Waals surface area (Å²) >= 11 is 1.90. The molecule has 0 bridgehead atoms. The molecule has 3 nitrogen and oxygen atoms in total. The summed E-state index contributed by atoms with van der Waals surface area (Å²) in [5.74, 6) is 0.0686. The highest BCUT2D eigenvalue weighted by Gasteiger charge is 2.41. The minimum atomic E-state index is -0.543. The van der Waals surface area contributed by atoms with E-state index in [1.54, 1.807) is 0 Å². The van der Waals surface area contributed by atoms with E-state index < -0.39 is 5.54 Å². The summed E-state index contributed by atoms with van der Waals surface area (Å²) in [6.07, 6.45) is 10.00. The first-order valence-electron chi connectivity index (χ1n) is 6.23. The van der Waals surface area contributed by atoms with Gasteiger partial charge in [0.05, 0.1) is 5.54 Å². The van der Waals surface area contributed by atoms with E-state index in [0.717, 1.165) is 25.8 Å². The van der Waals surface area contributed by atoms with Gasteiger partial charge < -0.3 is 11.1 Å². The van der Waals surface area contributed by atoms with Gasteiger partial charge >= 0.3 is 0 Å². The van der Waals surface area contributed by atoms with Crippen LogP contribution in [0.1, 0.15) is 44.9 Å². The first kappa shape index (κ1) is 12.2. The van der Waals surface area contributed by atoms with Crippen LogP contribution in [-0.4, -0.2) is 29.0 Å². The van der Waals surface area contributed by atoms with E-state index in [4.69, 9.17) is 5.73 Å². The second kappa shape index (κ2) is 4.57. The molecule has 0 unspecified atom stereocenters. The molecule has 0 aromatic heterocycles. The van der Waals surface area contributed by atoms with Crippen molar-refractivity contribution in [1.82, 2.24) is 5.32 Å². The maximum atomic E-state index is 11.9. The van der Waals surface area contributed by atoms with Gasteiger partial charge in [0.15, 0.2) is 0 Å². The van der Waals surface area contributed by atoms with Gasteiger partial charge in [-0.1, -0.05) is 12.8 Å². The fraction of sp³-hybridized carbons (Fsp3) is 0.917. The van der Waals surface area contributed by atoms with Crippen molar-refractivity contribution in [2.24, 2.45) is 5.73 Å². The van der Waals surface area contributed by atoms with Crippen LogP contribution in [0.3, 0.4) is 0 Å². The maximum absolute atomic E-state index is 11.9. The Hall–Kier alpha value is -0.220. The van der Waals surface area contributed by atoms with Crippen molar-refractivity contribution in [3.63, 3.8) is 0 Å². The standard InChI is InChI=1S/C12H22N2OS/c1-16-11(5-2-3-6-11)9-14-10(15)12(13)7-4-8-12/h2-9,13H2,1H3,(H,14,15). The Bertz CT molecular complexity index is 270. The maximum Gasteiger partial charge on any atom is 0.240 e. The highest BCUT2D eigenvalue weighted by atomic mass is 32.2. The lowest BCUT2D eigenvalue weighted by Crippen LogP contribution is -2.59. The zero-order valence-electron chi connectivity index (χ0n) is 10.1. The normalized spacial score (nSPS) is 26.1. The second-order valence-electron chi connectivity index (χ2n) is 5.29. The van der Waals surface area contributed by atoms with Crippen LogP contribution >= 0.6 is 11.8 Å². The zero-order chi connectivity index (χ0) is 11.6. The van der Waals surface area contributed by atoms with Gasteiger partial charge in [0.1, 0.15) is 0 Å². The van der Waals surface area contributed by atoms with Crippen LogP contribution in [0.25, 0.3) is 0 Å². The van der Waals surface area contributed by atoms with Gasteiger partial charge in [-0.15, -0.1) is 0 Å². The predicted octanol–water partition coefficient (Wildman–Crippen LogP) is 1.66. The Morgan fingerprint density at radius 1 is 1.25 bits per heavy atom. The Labute approximate surface area is 102 Å². The number of carbonyl (C=O) groups excluding carboxylic acids is 1. The van der Waals surface area contributed by atoms with E-state index in [1.165, 1.54) is 25.7 Å². The summed E-state index contributed by atoms with van der Waals surface area (Å²) in [5, 5.41) is 3.07. The molecule has 0 aliphatic heterocycles. The molecule has 0 saturated heterocycles. The van der Waals surface area contributed by atoms with Crippen LogP contribution in [-0.2, 0) is 4.79 Å². The molecule has 2 aliphatic carbocycles. The second-order valence-corrected chi connectivity index (χ2v) is 6.56. The molecule has 0 aromatic carbocycles. The van der Waals surface area contributed by atoms with E-state index in [0.29, 0.717) is 0 Å². The quantitative estimate of drug-likeness (QED) is 0.788. The summed E-state index contributed by atoms with van der Waals surface area (Å²) in [5.41, 5.74) is 5.45. The Kier molecular flexibility index (Phi) is 3.50. The number of amides is 1. The van der Waals surface area contributed by atoms with Crippen molar-refractivity contribution in [2.45, 2.75) is 55.2 Å². The van der Waals surface area contributed by atoms with Gasteiger partial charge in [-0.3, -0.25) is 4.79 Å². The van der Waals surface area contributed by atoms with Crippen molar-refractivity contribution in [3.05, 3.63) is 0 Å². The number of thioether (sulfide) groups is 1. The van der Waals surface area contributed by atoms with Crippen LogP contribution in [0, 0.1) is 0 Å². The molecule has 0 radical (unpaired) electrons. The molecule has 2 fully saturated rings. The van der Waals surface area contributed by atoms with Gasteiger partial charge in [0, 0.05) is 11.3 Å². The van der Waals surface area contributed by atoms with Crippen LogP contribution in [0.5, 0.6) is 0 Å². The molecule has 0 heterocycles. The molecule has 0 atom stereocenters. The minimum absolute atomic E-state index is 0.0686. The van der Waals surface area contributed by atoms with E-state index >= 15 is 0 Å². The van der Waals surface area contributed by atoms with Gasteiger partial charge in [0.2, 0.25) is 5.91 Å². The molecular formula is C12H22N2OS. The average Bonchev–Trinajstić information content (AvgIpc) is 2.72. The largest absolute Gasteiger partial charge is 0.353 e. The Morgan fingerprint density at radius 2 is 1.88 bits per heavy atom. The molecule has 2 saturated carbocycles. The van der Waals surface area contributed by atoms with Gasteiger partial charge in [0.25, 0.3) is 0 Å². The van der Waals surface area contributed by atoms with Crippen molar-refractivity contribution in [2.75, 3.05) is 12.8 Å². The van der Waals surface area contributed by atoms with Crippen molar-refractivity contribution < 1.29 is 4.79 Å². The van der Waals surface area contributed by atoms with E-state index in [-0.39, 0.29) is 10.7 Å². The number of nitrogens with one attached hydrogen (secondary N) is 1. The number of nitrogens with two attached hydrogens (primary N) is 1. The summed E-state index contributed by atoms with van der Waals surface area (Å²) in [6, 6.07) is 0. The van der Waals surface area contributed by atoms with E-state index in [9.17, 15) is 4.79 Å². The predicted molar refractivity (Wildman–Crippen MR) is 68.5 cm³/mol. The number of carbonyl (C=O) groups is 1. The summed E-state index contributed by atoms with van der Waals surface area (Å²) in [4.78, 5) is 11.9. The molecule has 16 heavy (non-hydrogen) atoms. The molecule has 0 spiro atoms. The van der Waals surface area contributed by atoms with Crippen LogP contribution in [0.2, 0.25) is 0 Å². The number of hydrogen-bond acceptors (Lipinski definition) is 3. The zero-order valence-corrected chi connectivity index (χ0v) is 10.9. The molecule has 92 valence electrons. The monoisotopic (exact) mass is 242 g/mol. The first-order valence-corrected chi connectivity index (χ1v) is 7.45. The lowest BCUT2D eigenvalue weighted by atomic mass is 9.77. The first-order chi connectivity index (χ1) is 7.60. The Balaban J connectivity index is 1.84. The topological polar surface area (TPSA) is 55.1 Å². The minimum Gasteiger partial charge on any atom is -0.353 e. The lowest BCUT2D eigenvalue weighted by molar-refractivity contribution is -0.129. The summed E-state index contributed by atoms with van der Waals surface area (Å²) in [7, 11) is 0. The summed E-state index contributed by atoms with van der Waals surface area (Å²) in [6.45, 7) is 0.798. The molecule has 0 aromatic rings. The third-order valence-electron chi connectivity index (χ3n) is 4.22. The molecule has 3 N–H and O–H groups in total. The smallest absolute Gasteiger partial charge is 0.240 e. The SMILES string of the molecule is CSC1(CNC(=O)C2(N)CCC2)CCCC1. The highest BCUT2D eigenvalue weighted by Crippen LogP contribution is 2.39. The summed E-state index contributed by atoms with van der Waals surface area (Å²) < 4.78 is 0.287. The van der Waals surface area contributed by atoms with Crippen molar-refractivity contribution >= 4 is 17.7 Å². The van der Waals surface area contributed by atoms with Crippen molar-refractivity contribution in [1.29, 1.82) is 0 Å². The fourth-order valence-electron chi connectivity index (χ4n) is 2.67. The van der Waals surface area contributed by atoms with Gasteiger partial charge in [-0.05, 0) is 38.4 Å². The van der Waals surface area contributed by atoms with Gasteiger partial charge in [-0.25, -0.2) is 0 Å². The molecule has 2 aliphatic rings. The van der Waals surface area contributed by atoms with Crippen LogP contribution < -0.4 is 11.1 Å². The third kappa shape index (κ3) is 2.23. The molecular weight excluding hydrogens is 220 g/mol. The highest BCUT2D eigenvalue weighted by molar-refractivity contribution is 8.00. The number of rotatable bonds is 4. The number of hydrogen-bond donors (Lipinski definition) is 2. The fourth-order valence-corrected chi connectivity index (χ4v) is 3.59. The average molecular weight is 242 g/mol. The Morgan fingerprint density at radius 3 is 2.31 bits per heavy atom. The van der Waals surface area contributed by atoms with Gasteiger partial charge in [-0.2, -0.15) is 11.8 Å². The molecule has 2 rings (SSSR count). The van der Waals surface area contributed by atoms with Crippen LogP contribution in [0.15, 0.2) is 0 Å². The molecule has 1 amide bonds. The van der Waals surface area contributed by atoms with Crippen molar-refractivity contribution in [3.8, 4) is 0 Å². The van der Waals surface area contributed by atoms with E-state index in [1.807, 2.05) is 11.8 Å². The third-order valence-corrected chi connectivity index (χ3v) is 5.64. The lowest BCUT2D eigenvalue weighted by Gasteiger charge is -2.37. The van der Waals surface area contributed by atoms with E-state index in [2.05, 4.69) is 11.6 Å². The molecule has 4 heteroatoms. The van der Waals surface area contributed by atoms with Crippen LogP contribution in [0.4, 0.5) is 0 Å².